The predicted molar refractivity (Wildman–Crippen MR) is 144 cm³/mol. The number of benzene rings is 2. The van der Waals surface area contributed by atoms with Gasteiger partial charge >= 0.3 is 5.69 Å². The van der Waals surface area contributed by atoms with Crippen LogP contribution in [0.25, 0.3) is 11.2 Å². The Kier molecular flexibility index (Phi) is 8.12. The zero-order valence-corrected chi connectivity index (χ0v) is 21.6. The third-order valence-electron chi connectivity index (χ3n) is 5.81. The summed E-state index contributed by atoms with van der Waals surface area (Å²) in [5.41, 5.74) is 2.91. The average Bonchev–Trinajstić information content (AvgIpc) is 3.28. The van der Waals surface area contributed by atoms with Crippen molar-refractivity contribution in [3.8, 4) is 17.2 Å². The van der Waals surface area contributed by atoms with Crippen LogP contribution in [0.1, 0.15) is 12.5 Å². The molecule has 0 aliphatic heterocycles. The van der Waals surface area contributed by atoms with Gasteiger partial charge in [0.1, 0.15) is 30.0 Å². The number of aliphatic hydroxyl groups excluding tert-OH is 1. The molecule has 0 fully saturated rings. The number of hydrazone groups is 1. The van der Waals surface area contributed by atoms with Crippen LogP contribution >= 0.6 is 0 Å². The molecular formula is C26H30N6O6. The van der Waals surface area contributed by atoms with Crippen LogP contribution < -0.4 is 30.9 Å². The first-order valence-electron chi connectivity index (χ1n) is 12.0. The van der Waals surface area contributed by atoms with Crippen molar-refractivity contribution in [2.75, 3.05) is 25.7 Å². The molecule has 4 rings (SSSR count). The molecule has 0 aliphatic rings. The number of hydrogen-bond donors (Lipinski definition) is 2. The summed E-state index contributed by atoms with van der Waals surface area (Å²) in [5, 5.41) is 15.0. The van der Waals surface area contributed by atoms with Gasteiger partial charge in [-0.05, 0) is 61.0 Å². The van der Waals surface area contributed by atoms with E-state index in [1.807, 2.05) is 31.2 Å². The molecule has 0 aliphatic carbocycles. The second kappa shape index (κ2) is 11.6. The highest BCUT2D eigenvalue weighted by Gasteiger charge is 2.21. The molecular weight excluding hydrogens is 492 g/mol. The van der Waals surface area contributed by atoms with Gasteiger partial charge in [0.05, 0.1) is 26.5 Å². The molecule has 0 saturated carbocycles. The van der Waals surface area contributed by atoms with Gasteiger partial charge < -0.3 is 23.9 Å². The minimum absolute atomic E-state index is 0.0407. The fourth-order valence-electron chi connectivity index (χ4n) is 3.82. The van der Waals surface area contributed by atoms with Crippen molar-refractivity contribution in [3.63, 3.8) is 0 Å². The van der Waals surface area contributed by atoms with Gasteiger partial charge in [-0.3, -0.25) is 13.9 Å². The molecule has 2 aromatic heterocycles. The van der Waals surface area contributed by atoms with Gasteiger partial charge in [0.15, 0.2) is 11.2 Å². The van der Waals surface area contributed by atoms with E-state index in [-0.39, 0.29) is 30.3 Å². The molecule has 38 heavy (non-hydrogen) atoms. The molecule has 0 amide bonds. The van der Waals surface area contributed by atoms with E-state index in [4.69, 9.17) is 14.2 Å². The van der Waals surface area contributed by atoms with Crippen LogP contribution in [0.15, 0.2) is 63.2 Å². The van der Waals surface area contributed by atoms with E-state index in [0.29, 0.717) is 18.1 Å². The van der Waals surface area contributed by atoms with Crippen LogP contribution in [0.5, 0.6) is 17.2 Å². The van der Waals surface area contributed by atoms with Crippen LogP contribution in [0.3, 0.4) is 0 Å². The molecule has 12 heteroatoms. The Morgan fingerprint density at radius 3 is 2.29 bits per heavy atom. The highest BCUT2D eigenvalue weighted by atomic mass is 16.5. The fraction of sp³-hybridized carbons (Fsp3) is 0.308. The first-order valence-corrected chi connectivity index (χ1v) is 12.0. The Morgan fingerprint density at radius 2 is 1.63 bits per heavy atom. The first kappa shape index (κ1) is 26.5. The number of aryl methyl sites for hydroxylation is 1. The van der Waals surface area contributed by atoms with E-state index < -0.39 is 17.4 Å². The number of hydrogen-bond acceptors (Lipinski definition) is 9. The number of imidazole rings is 1. The Labute approximate surface area is 218 Å². The molecule has 2 heterocycles. The Bertz CT molecular complexity index is 1540. The lowest BCUT2D eigenvalue weighted by Crippen LogP contribution is -2.38. The van der Waals surface area contributed by atoms with Gasteiger partial charge in [-0.1, -0.05) is 0 Å². The lowest BCUT2D eigenvalue weighted by Gasteiger charge is -2.15. The lowest BCUT2D eigenvalue weighted by atomic mass is 10.2. The quantitative estimate of drug-likeness (QED) is 0.225. The number of ether oxygens (including phenoxy) is 3. The number of rotatable bonds is 11. The van der Waals surface area contributed by atoms with E-state index in [1.165, 1.54) is 23.2 Å². The summed E-state index contributed by atoms with van der Waals surface area (Å²) in [6, 6.07) is 14.3. The largest absolute Gasteiger partial charge is 0.497 e. The smallest absolute Gasteiger partial charge is 0.332 e. The second-order valence-corrected chi connectivity index (χ2v) is 8.44. The number of methoxy groups -OCH3 is 1. The summed E-state index contributed by atoms with van der Waals surface area (Å²) in [6.07, 6.45) is 0.576. The van der Waals surface area contributed by atoms with Crippen molar-refractivity contribution in [3.05, 3.63) is 74.9 Å². The normalized spacial score (nSPS) is 12.1. The van der Waals surface area contributed by atoms with Crippen molar-refractivity contribution in [2.45, 2.75) is 19.6 Å². The molecule has 2 aromatic carbocycles. The summed E-state index contributed by atoms with van der Waals surface area (Å²) in [5.74, 6) is 2.17. The monoisotopic (exact) mass is 522 g/mol. The third-order valence-corrected chi connectivity index (χ3v) is 5.81. The molecule has 2 N–H and O–H groups in total. The molecule has 0 radical (unpaired) electrons. The Hall–Kier alpha value is -4.58. The maximum Gasteiger partial charge on any atom is 0.332 e. The summed E-state index contributed by atoms with van der Waals surface area (Å²) in [6.45, 7) is 2.40. The molecule has 0 spiro atoms. The minimum atomic E-state index is -1.01. The summed E-state index contributed by atoms with van der Waals surface area (Å²) >= 11 is 0. The average molecular weight is 523 g/mol. The standard InChI is InChI=1S/C26H30N6O6/c1-5-37-20-8-6-17(7-9-20)14-27-29-25-28-23-22(24(34)31(3)26(35)30(23)2)32(25)15-18(33)16-38-21-12-10-19(36-4)11-13-21/h6-14,18,33H,5,15-16H2,1-4H3,(H,28,29)/b27-14-/t18-/m1/s1. The Morgan fingerprint density at radius 1 is 1.00 bits per heavy atom. The maximum atomic E-state index is 13.0. The first-order chi connectivity index (χ1) is 18.3. The predicted octanol–water partition coefficient (Wildman–Crippen LogP) is 1.73. The van der Waals surface area contributed by atoms with Crippen molar-refractivity contribution in [1.29, 1.82) is 0 Å². The van der Waals surface area contributed by atoms with Crippen LogP contribution in [-0.2, 0) is 20.6 Å². The van der Waals surface area contributed by atoms with Crippen LogP contribution in [-0.4, -0.2) is 56.4 Å². The molecule has 0 unspecified atom stereocenters. The number of nitrogens with zero attached hydrogens (tertiary/aromatic N) is 5. The zero-order valence-electron chi connectivity index (χ0n) is 21.6. The third kappa shape index (κ3) is 5.70. The maximum absolute atomic E-state index is 13.0. The van der Waals surface area contributed by atoms with Gasteiger partial charge in [0.2, 0.25) is 5.95 Å². The highest BCUT2D eigenvalue weighted by Crippen LogP contribution is 2.19. The highest BCUT2D eigenvalue weighted by molar-refractivity contribution is 5.80. The van der Waals surface area contributed by atoms with Crippen LogP contribution in [0, 0.1) is 0 Å². The van der Waals surface area contributed by atoms with Gasteiger partial charge in [-0.25, -0.2) is 10.2 Å². The number of fused-ring (bicyclic) bond motifs is 1. The van der Waals surface area contributed by atoms with Crippen LogP contribution in [0.2, 0.25) is 0 Å². The van der Waals surface area contributed by atoms with Crippen molar-refractivity contribution >= 4 is 23.3 Å². The Balaban J connectivity index is 1.59. The number of anilines is 1. The van der Waals surface area contributed by atoms with Crippen molar-refractivity contribution in [1.82, 2.24) is 18.7 Å². The van der Waals surface area contributed by atoms with E-state index in [2.05, 4.69) is 15.5 Å². The molecule has 12 nitrogen and oxygen atoms in total. The van der Waals surface area contributed by atoms with E-state index in [9.17, 15) is 14.7 Å². The number of nitrogens with one attached hydrogen (secondary N) is 1. The van der Waals surface area contributed by atoms with Gasteiger partial charge in [-0.2, -0.15) is 10.1 Å². The summed E-state index contributed by atoms with van der Waals surface area (Å²) in [7, 11) is 4.49. The second-order valence-electron chi connectivity index (χ2n) is 8.44. The molecule has 0 bridgehead atoms. The number of aliphatic hydroxyl groups is 1. The van der Waals surface area contributed by atoms with E-state index in [0.717, 1.165) is 15.9 Å². The van der Waals surface area contributed by atoms with Gasteiger partial charge in [0, 0.05) is 14.1 Å². The minimum Gasteiger partial charge on any atom is -0.497 e. The summed E-state index contributed by atoms with van der Waals surface area (Å²) in [4.78, 5) is 29.9. The molecule has 200 valence electrons. The molecule has 4 aromatic rings. The van der Waals surface area contributed by atoms with Gasteiger partial charge in [-0.15, -0.1) is 0 Å². The lowest BCUT2D eigenvalue weighted by molar-refractivity contribution is 0.0938. The topological polar surface area (TPSA) is 134 Å². The fourth-order valence-corrected chi connectivity index (χ4v) is 3.82. The summed E-state index contributed by atoms with van der Waals surface area (Å²) < 4.78 is 20.0. The molecule has 0 saturated heterocycles. The van der Waals surface area contributed by atoms with E-state index in [1.54, 1.807) is 37.6 Å². The van der Waals surface area contributed by atoms with Crippen LogP contribution in [0.4, 0.5) is 5.95 Å². The molecule has 1 atom stereocenters. The van der Waals surface area contributed by atoms with Gasteiger partial charge in [0.25, 0.3) is 5.56 Å². The zero-order chi connectivity index (χ0) is 27.2. The van der Waals surface area contributed by atoms with Crippen molar-refractivity contribution < 1.29 is 19.3 Å². The number of aromatic nitrogens is 4. The van der Waals surface area contributed by atoms with Crippen molar-refractivity contribution in [2.24, 2.45) is 19.2 Å². The van der Waals surface area contributed by atoms with E-state index >= 15 is 0 Å². The SMILES string of the molecule is CCOc1ccc(/C=N\Nc2nc3c(c(=O)n(C)c(=O)n3C)n2C[C@@H](O)COc2ccc(OC)cc2)cc1.